The molecule has 2 N–H and O–H groups in total. The van der Waals surface area contributed by atoms with Crippen LogP contribution in [0, 0.1) is 12.8 Å². The standard InChI is InChI=1S/C5H12NO.Y/c1-3-5(2)4-7-6;/h5H,1,3-4,6H2,2H3;/q-1;. The molecule has 0 aromatic heterocycles. The van der Waals surface area contributed by atoms with Crippen molar-refractivity contribution in [2.45, 2.75) is 13.3 Å². The summed E-state index contributed by atoms with van der Waals surface area (Å²) in [5, 5.41) is 0. The zero-order valence-corrected chi connectivity index (χ0v) is 8.10. The summed E-state index contributed by atoms with van der Waals surface area (Å²) in [6.07, 6.45) is 0.886. The first-order valence-electron chi connectivity index (χ1n) is 2.42. The second kappa shape index (κ2) is 8.02. The minimum Gasteiger partial charge on any atom is -0.343 e. The van der Waals surface area contributed by atoms with Gasteiger partial charge in [0.05, 0.1) is 6.61 Å². The third kappa shape index (κ3) is 7.02. The summed E-state index contributed by atoms with van der Waals surface area (Å²) in [4.78, 5) is 4.35. The molecular weight excluding hydrogens is 179 g/mol. The van der Waals surface area contributed by atoms with E-state index in [0.717, 1.165) is 6.42 Å². The van der Waals surface area contributed by atoms with E-state index in [4.69, 9.17) is 5.90 Å². The maximum atomic E-state index is 4.78. The van der Waals surface area contributed by atoms with Crippen LogP contribution < -0.4 is 5.90 Å². The molecule has 0 saturated heterocycles. The third-order valence-electron chi connectivity index (χ3n) is 0.874. The Bertz CT molecular complexity index is 43.4. The average molecular weight is 191 g/mol. The molecule has 3 heteroatoms. The van der Waals surface area contributed by atoms with E-state index in [1.165, 1.54) is 0 Å². The van der Waals surface area contributed by atoms with Gasteiger partial charge in [-0.25, -0.2) is 5.90 Å². The van der Waals surface area contributed by atoms with E-state index in [-0.39, 0.29) is 32.7 Å². The predicted octanol–water partition coefficient (Wildman–Crippen LogP) is 0.734. The van der Waals surface area contributed by atoms with Gasteiger partial charge in [0.25, 0.3) is 0 Å². The van der Waals surface area contributed by atoms with Crippen molar-refractivity contribution in [1.82, 2.24) is 0 Å². The largest absolute Gasteiger partial charge is 0.343 e. The summed E-state index contributed by atoms with van der Waals surface area (Å²) in [6.45, 7) is 6.32. The van der Waals surface area contributed by atoms with Crippen molar-refractivity contribution in [3.63, 3.8) is 0 Å². The van der Waals surface area contributed by atoms with Crippen LogP contribution in [0.4, 0.5) is 0 Å². The van der Waals surface area contributed by atoms with Crippen LogP contribution in [-0.4, -0.2) is 6.61 Å². The first kappa shape index (κ1) is 11.8. The predicted molar refractivity (Wildman–Crippen MR) is 29.3 cm³/mol. The number of rotatable bonds is 3. The molecule has 0 saturated carbocycles. The molecular formula is C5H12NOY-. The van der Waals surface area contributed by atoms with Crippen LogP contribution in [0.5, 0.6) is 0 Å². The first-order valence-corrected chi connectivity index (χ1v) is 2.42. The van der Waals surface area contributed by atoms with E-state index < -0.39 is 0 Å². The number of nitrogens with two attached hydrogens (primary N) is 1. The van der Waals surface area contributed by atoms with Crippen molar-refractivity contribution in [2.75, 3.05) is 6.61 Å². The van der Waals surface area contributed by atoms with Crippen molar-refractivity contribution in [3.8, 4) is 0 Å². The Balaban J connectivity index is 0. The maximum absolute atomic E-state index is 4.78. The Morgan fingerprint density at radius 2 is 2.25 bits per heavy atom. The van der Waals surface area contributed by atoms with Crippen LogP contribution >= 0.6 is 0 Å². The van der Waals surface area contributed by atoms with E-state index in [1.807, 2.05) is 6.92 Å². The van der Waals surface area contributed by atoms with E-state index in [2.05, 4.69) is 11.8 Å². The molecule has 0 aliphatic heterocycles. The van der Waals surface area contributed by atoms with E-state index in [0.29, 0.717) is 12.5 Å². The molecule has 0 heterocycles. The van der Waals surface area contributed by atoms with Gasteiger partial charge < -0.3 is 11.8 Å². The fraction of sp³-hybridized carbons (Fsp3) is 0.800. The molecule has 8 heavy (non-hydrogen) atoms. The molecule has 0 amide bonds. The minimum atomic E-state index is 0. The van der Waals surface area contributed by atoms with Gasteiger partial charge in [0.15, 0.2) is 0 Å². The van der Waals surface area contributed by atoms with Gasteiger partial charge in [-0.1, -0.05) is 6.92 Å². The molecule has 0 aromatic carbocycles. The second-order valence-electron chi connectivity index (χ2n) is 1.73. The van der Waals surface area contributed by atoms with Crippen molar-refractivity contribution in [2.24, 2.45) is 11.8 Å². The Labute approximate surface area is 76.0 Å². The van der Waals surface area contributed by atoms with Gasteiger partial charge in [0.1, 0.15) is 0 Å². The summed E-state index contributed by atoms with van der Waals surface area (Å²) in [6, 6.07) is 0. The smallest absolute Gasteiger partial charge is 0.0680 e. The Hall–Kier alpha value is 1.02. The van der Waals surface area contributed by atoms with Crippen molar-refractivity contribution < 1.29 is 37.5 Å². The van der Waals surface area contributed by atoms with Crippen molar-refractivity contribution >= 4 is 0 Å². The van der Waals surface area contributed by atoms with E-state index in [1.54, 1.807) is 0 Å². The summed E-state index contributed by atoms with van der Waals surface area (Å²) < 4.78 is 0. The topological polar surface area (TPSA) is 35.2 Å². The second-order valence-corrected chi connectivity index (χ2v) is 1.73. The summed E-state index contributed by atoms with van der Waals surface area (Å²) in [7, 11) is 0. The number of hydrogen-bond donors (Lipinski definition) is 1. The van der Waals surface area contributed by atoms with E-state index in [9.17, 15) is 0 Å². The van der Waals surface area contributed by atoms with Gasteiger partial charge in [-0.05, 0) is 5.92 Å². The SMILES string of the molecule is [CH2-]CC(C)CON.[Y]. The first-order chi connectivity index (χ1) is 3.31. The van der Waals surface area contributed by atoms with Crippen LogP contribution in [0.25, 0.3) is 0 Å². The van der Waals surface area contributed by atoms with Crippen LogP contribution in [-0.2, 0) is 37.5 Å². The van der Waals surface area contributed by atoms with Gasteiger partial charge >= 0.3 is 0 Å². The molecule has 0 aliphatic rings. The summed E-state index contributed by atoms with van der Waals surface area (Å²) >= 11 is 0. The summed E-state index contributed by atoms with van der Waals surface area (Å²) in [5.74, 6) is 5.27. The van der Waals surface area contributed by atoms with Crippen LogP contribution in [0.15, 0.2) is 0 Å². The van der Waals surface area contributed by atoms with Crippen LogP contribution in [0.3, 0.4) is 0 Å². The Morgan fingerprint density at radius 1 is 1.75 bits per heavy atom. The average Bonchev–Trinajstić information content (AvgIpc) is 1.68. The molecule has 0 aliphatic carbocycles. The molecule has 0 aromatic rings. The van der Waals surface area contributed by atoms with Crippen molar-refractivity contribution in [3.05, 3.63) is 6.92 Å². The monoisotopic (exact) mass is 191 g/mol. The molecule has 0 fully saturated rings. The zero-order valence-electron chi connectivity index (χ0n) is 5.26. The van der Waals surface area contributed by atoms with Gasteiger partial charge in [0, 0.05) is 32.7 Å². The van der Waals surface area contributed by atoms with Crippen LogP contribution in [0.2, 0.25) is 0 Å². The van der Waals surface area contributed by atoms with Crippen LogP contribution in [0.1, 0.15) is 13.3 Å². The Kier molecular flexibility index (Phi) is 11.8. The molecule has 47 valence electrons. The van der Waals surface area contributed by atoms with Gasteiger partial charge in [-0.2, -0.15) is 6.42 Å². The quantitative estimate of drug-likeness (QED) is 0.527. The van der Waals surface area contributed by atoms with Gasteiger partial charge in [0.2, 0.25) is 0 Å². The van der Waals surface area contributed by atoms with E-state index >= 15 is 0 Å². The molecule has 0 bridgehead atoms. The molecule has 0 spiro atoms. The Morgan fingerprint density at radius 3 is 2.38 bits per heavy atom. The normalized spacial score (nSPS) is 12.4. The maximum Gasteiger partial charge on any atom is 0.0680 e. The zero-order chi connectivity index (χ0) is 5.70. The third-order valence-corrected chi connectivity index (χ3v) is 0.874. The van der Waals surface area contributed by atoms with Gasteiger partial charge in [-0.15, -0.1) is 0 Å². The number of hydrogen-bond acceptors (Lipinski definition) is 2. The molecule has 1 radical (unpaired) electrons. The fourth-order valence-corrected chi connectivity index (χ4v) is 0.248. The molecule has 1 unspecified atom stereocenters. The summed E-state index contributed by atoms with van der Waals surface area (Å²) in [5.41, 5.74) is 0. The minimum absolute atomic E-state index is 0. The van der Waals surface area contributed by atoms with Crippen molar-refractivity contribution in [1.29, 1.82) is 0 Å². The van der Waals surface area contributed by atoms with Gasteiger partial charge in [-0.3, -0.25) is 0 Å². The fourth-order valence-electron chi connectivity index (χ4n) is 0.248. The molecule has 2 nitrogen and oxygen atoms in total. The molecule has 0 rings (SSSR count). The molecule has 1 atom stereocenters.